The lowest BCUT2D eigenvalue weighted by Gasteiger charge is -2.42. The zero-order valence-electron chi connectivity index (χ0n) is 57.1. The Bertz CT molecular complexity index is 2270. The molecule has 95 heavy (non-hydrogen) atoms. The Balaban J connectivity index is 1.58. The fourth-order valence-electron chi connectivity index (χ4n) is 12.1. The van der Waals surface area contributed by atoms with Crippen molar-refractivity contribution in [1.29, 1.82) is 0 Å². The molecule has 28 nitrogen and oxygen atoms in total. The molecule has 0 spiro atoms. The van der Waals surface area contributed by atoms with Gasteiger partial charge in [0.25, 0.3) is 0 Å². The number of amides is 5. The van der Waals surface area contributed by atoms with Crippen LogP contribution in [0.2, 0.25) is 0 Å². The third-order valence-electron chi connectivity index (χ3n) is 18.4. The van der Waals surface area contributed by atoms with Crippen LogP contribution in [0.25, 0.3) is 0 Å². The quantitative estimate of drug-likeness (QED) is 0.0307. The Kier molecular flexibility index (Phi) is 42.7. The minimum absolute atomic E-state index is 0.00219. The smallest absolute Gasteiger partial charge is 0.330 e. The Morgan fingerprint density at radius 2 is 0.968 bits per heavy atom. The van der Waals surface area contributed by atoms with Crippen LogP contribution in [0.4, 0.5) is 0 Å². The molecule has 9 unspecified atom stereocenters. The lowest BCUT2D eigenvalue weighted by atomic mass is 9.86. The maximum absolute atomic E-state index is 14.4. The molecule has 5 amide bonds. The number of aliphatic hydroxyl groups excluding tert-OH is 9. The highest BCUT2D eigenvalue weighted by Gasteiger charge is 2.45. The summed E-state index contributed by atoms with van der Waals surface area (Å²) in [7, 11) is -3.80. The van der Waals surface area contributed by atoms with Crippen molar-refractivity contribution in [3.8, 4) is 0 Å². The van der Waals surface area contributed by atoms with Gasteiger partial charge in [0.1, 0.15) is 48.5 Å². The summed E-state index contributed by atoms with van der Waals surface area (Å²) in [6.07, 6.45) is 1.28. The van der Waals surface area contributed by atoms with Crippen LogP contribution in [0.3, 0.4) is 0 Å². The number of ketones is 2. The molecular formula is C66H120N5O23P. The van der Waals surface area contributed by atoms with E-state index in [9.17, 15) is 89.0 Å². The van der Waals surface area contributed by atoms with Crippen molar-refractivity contribution < 1.29 is 112 Å². The fourth-order valence-corrected chi connectivity index (χ4v) is 12.8. The minimum Gasteiger partial charge on any atom is -0.394 e. The number of carbonyl (C=O) groups excluding carboxylic acids is 7. The summed E-state index contributed by atoms with van der Waals surface area (Å²) in [4.78, 5) is 102. The molecular weight excluding hydrogens is 1260 g/mol. The standard InChI is InChI=1S/C66H120N5O23P/c1-42(2)95(88,89)91-37-32-47(76)25-12-10-20-35-69-65(87)46(24-18-21-33-67-55(78)30-16-9-7-14-28-51-58(70-45(5)75)64(86)63(85)53(40-73)93-51)38-49(77)48(71-57(80)31-17-11-23-36-90-66-44(4)60(82)62(84)54(41-74)94-66)26-19-22-34-68-56(79)29-15-8-6-13-27-50-43(3)59(81)61(83)52(39-72)92-50/h42-44,46,48,50-54,58-64,66,72-74,81-86H,6-41H2,1-5H3,(H,67,78)(H,68,79)(H,69,87)(H,70,75)(H,71,80)(H,88,89)/t43?,44?,46?,48?,50-,51-,52?,53?,54?,58?,59+,60+,61-,62-,63-,64+,66+/m0/s1. The summed E-state index contributed by atoms with van der Waals surface area (Å²) in [5.41, 5.74) is -0.593. The van der Waals surface area contributed by atoms with Crippen molar-refractivity contribution in [2.45, 2.75) is 306 Å². The maximum Gasteiger partial charge on any atom is 0.330 e. The molecule has 3 heterocycles. The number of hydrogen-bond acceptors (Lipinski definition) is 22. The Hall–Kier alpha value is -3.68. The average molecular weight is 1380 g/mol. The van der Waals surface area contributed by atoms with Crippen LogP contribution in [-0.2, 0) is 61.6 Å². The van der Waals surface area contributed by atoms with Gasteiger partial charge in [-0.1, -0.05) is 85.5 Å². The van der Waals surface area contributed by atoms with Gasteiger partial charge in [-0.15, -0.1) is 0 Å². The second kappa shape index (κ2) is 47.4. The number of unbranched alkanes of at least 4 members (excludes halogenated alkanes) is 12. The minimum atomic E-state index is -3.80. The third kappa shape index (κ3) is 32.5. The van der Waals surface area contributed by atoms with Crippen molar-refractivity contribution >= 4 is 48.7 Å². The van der Waals surface area contributed by atoms with Crippen LogP contribution in [0.5, 0.6) is 0 Å². The summed E-state index contributed by atoms with van der Waals surface area (Å²) < 4.78 is 40.3. The molecule has 3 aliphatic rings. The molecule has 3 rings (SSSR count). The van der Waals surface area contributed by atoms with Gasteiger partial charge in [0, 0.05) is 89.4 Å². The fraction of sp³-hybridized carbons (Fsp3) is 0.894. The highest BCUT2D eigenvalue weighted by molar-refractivity contribution is 7.53. The van der Waals surface area contributed by atoms with Crippen molar-refractivity contribution in [2.75, 3.05) is 52.7 Å². The molecule has 552 valence electrons. The second-order valence-corrected chi connectivity index (χ2v) is 29.0. The average Bonchev–Trinajstić information content (AvgIpc) is 0.830. The van der Waals surface area contributed by atoms with Gasteiger partial charge in [-0.2, -0.15) is 0 Å². The molecule has 0 aromatic heterocycles. The molecule has 3 fully saturated rings. The first-order valence-electron chi connectivity index (χ1n) is 35.1. The van der Waals surface area contributed by atoms with Crippen LogP contribution in [-0.4, -0.2) is 236 Å². The van der Waals surface area contributed by atoms with E-state index in [1.807, 2.05) is 6.92 Å². The number of Topliss-reactive ketones (excluding diaryl/α,β-unsaturated/α-hetero) is 2. The number of nitrogens with one attached hydrogen (secondary N) is 5. The topological polar surface area (TPSA) is 445 Å². The lowest BCUT2D eigenvalue weighted by Crippen LogP contribution is -2.63. The molecule has 3 saturated heterocycles. The van der Waals surface area contributed by atoms with E-state index >= 15 is 0 Å². The molecule has 3 aliphatic heterocycles. The lowest BCUT2D eigenvalue weighted by molar-refractivity contribution is -0.282. The first-order valence-corrected chi connectivity index (χ1v) is 36.8. The van der Waals surface area contributed by atoms with E-state index in [0.29, 0.717) is 122 Å². The Morgan fingerprint density at radius 3 is 1.55 bits per heavy atom. The van der Waals surface area contributed by atoms with Crippen LogP contribution in [0.15, 0.2) is 0 Å². The monoisotopic (exact) mass is 1380 g/mol. The molecule has 18 atom stereocenters. The van der Waals surface area contributed by atoms with E-state index in [0.717, 1.165) is 25.7 Å². The van der Waals surface area contributed by atoms with E-state index in [2.05, 4.69) is 26.6 Å². The molecule has 29 heteroatoms. The first kappa shape index (κ1) is 85.5. The van der Waals surface area contributed by atoms with Gasteiger partial charge in [0.05, 0.1) is 68.6 Å². The molecule has 0 radical (unpaired) electrons. The first-order chi connectivity index (χ1) is 45.3. The van der Waals surface area contributed by atoms with Gasteiger partial charge in [0.2, 0.25) is 29.5 Å². The predicted molar refractivity (Wildman–Crippen MR) is 350 cm³/mol. The summed E-state index contributed by atoms with van der Waals surface area (Å²) >= 11 is 0. The summed E-state index contributed by atoms with van der Waals surface area (Å²) in [5, 5.41) is 105. The normalized spacial score (nSPS) is 27.4. The van der Waals surface area contributed by atoms with E-state index < -0.39 is 130 Å². The van der Waals surface area contributed by atoms with Gasteiger partial charge >= 0.3 is 7.60 Å². The SMILES string of the molecule is CC(=O)NC1[C@H](CCCCCCC(=O)NCCCCC(CC(=O)C(CCCCNC(=O)CCCCCC[C@@H]2OC(CO)[C@H](O)[C@H](O)C2C)NC(=O)CCCCCO[C@@H]2OC(CO)[C@H](O)[C@H](O)C2C)C(=O)NCCCCCC(=O)CCOP(=O)(O)C(C)C)OC(CO)[C@H](O)[C@@H]1O. The number of rotatable bonds is 51. The molecule has 0 aromatic carbocycles. The highest BCUT2D eigenvalue weighted by atomic mass is 31.2. The molecule has 0 aromatic rings. The van der Waals surface area contributed by atoms with Gasteiger partial charge < -0.3 is 101 Å². The van der Waals surface area contributed by atoms with Crippen LogP contribution in [0.1, 0.15) is 214 Å². The van der Waals surface area contributed by atoms with Gasteiger partial charge in [-0.05, 0) is 83.5 Å². The van der Waals surface area contributed by atoms with E-state index in [4.69, 9.17) is 23.5 Å². The van der Waals surface area contributed by atoms with Crippen LogP contribution in [0, 0.1) is 17.8 Å². The zero-order chi connectivity index (χ0) is 70.5. The number of ether oxygens (including phenoxy) is 4. The Morgan fingerprint density at radius 1 is 0.495 bits per heavy atom. The van der Waals surface area contributed by atoms with Crippen LogP contribution < -0.4 is 26.6 Å². The summed E-state index contributed by atoms with van der Waals surface area (Å²) in [5.74, 6) is -3.51. The van der Waals surface area contributed by atoms with Crippen molar-refractivity contribution in [2.24, 2.45) is 17.8 Å². The van der Waals surface area contributed by atoms with Gasteiger partial charge in [-0.25, -0.2) is 0 Å². The maximum atomic E-state index is 14.4. The third-order valence-corrected chi connectivity index (χ3v) is 20.3. The number of aliphatic hydroxyl groups is 9. The molecule has 0 saturated carbocycles. The van der Waals surface area contributed by atoms with Gasteiger partial charge in [-0.3, -0.25) is 38.1 Å². The molecule has 0 bridgehead atoms. The van der Waals surface area contributed by atoms with Crippen molar-refractivity contribution in [1.82, 2.24) is 26.6 Å². The molecule has 15 N–H and O–H groups in total. The van der Waals surface area contributed by atoms with Crippen LogP contribution >= 0.6 is 7.60 Å². The predicted octanol–water partition coefficient (Wildman–Crippen LogP) is 2.30. The number of hydrogen-bond donors (Lipinski definition) is 15. The highest BCUT2D eigenvalue weighted by Crippen LogP contribution is 2.47. The summed E-state index contributed by atoms with van der Waals surface area (Å²) in [6, 6.07) is -1.80. The summed E-state index contributed by atoms with van der Waals surface area (Å²) in [6.45, 7) is 7.49. The second-order valence-electron chi connectivity index (χ2n) is 26.6. The van der Waals surface area contributed by atoms with E-state index in [1.165, 1.54) is 6.92 Å². The van der Waals surface area contributed by atoms with E-state index in [-0.39, 0.29) is 112 Å². The molecule has 0 aliphatic carbocycles. The Labute approximate surface area is 561 Å². The number of carbonyl (C=O) groups is 7. The largest absolute Gasteiger partial charge is 0.394 e. The van der Waals surface area contributed by atoms with Gasteiger partial charge in [0.15, 0.2) is 12.1 Å². The van der Waals surface area contributed by atoms with Crippen molar-refractivity contribution in [3.05, 3.63) is 0 Å². The van der Waals surface area contributed by atoms with Crippen molar-refractivity contribution in [3.63, 3.8) is 0 Å². The zero-order valence-corrected chi connectivity index (χ0v) is 58.0. The van der Waals surface area contributed by atoms with E-state index in [1.54, 1.807) is 20.8 Å².